The first kappa shape index (κ1) is 14.7. The Bertz CT molecular complexity index is 421. The molecule has 0 fully saturated rings. The first-order chi connectivity index (χ1) is 8.28. The number of ether oxygens (including phenoxy) is 1. The van der Waals surface area contributed by atoms with Crippen LogP contribution in [0.1, 0.15) is 26.3 Å². The molecule has 2 nitrogen and oxygen atoms in total. The van der Waals surface area contributed by atoms with E-state index in [-0.39, 0.29) is 11.4 Å². The Labute approximate surface area is 109 Å². The first-order valence-corrected chi connectivity index (χ1v) is 6.08. The number of nitrogens with one attached hydrogen (secondary N) is 1. The molecule has 18 heavy (non-hydrogen) atoms. The highest BCUT2D eigenvalue weighted by atomic mass is 19.1. The quantitative estimate of drug-likeness (QED) is 0.809. The van der Waals surface area contributed by atoms with Gasteiger partial charge in [-0.05, 0) is 57.0 Å². The van der Waals surface area contributed by atoms with Crippen molar-refractivity contribution in [2.24, 2.45) is 0 Å². The standard InChI is InChI=1S/C15H22FNO/c1-11(9-17-15(3,4)5)10-18-13-6-7-14(16)12(2)8-13/h6-8,17H,1,9-10H2,2-5H3. The van der Waals surface area contributed by atoms with Crippen LogP contribution in [-0.4, -0.2) is 18.7 Å². The third-order valence-corrected chi connectivity index (χ3v) is 2.44. The number of rotatable bonds is 5. The van der Waals surface area contributed by atoms with E-state index >= 15 is 0 Å². The van der Waals surface area contributed by atoms with Crippen LogP contribution >= 0.6 is 0 Å². The summed E-state index contributed by atoms with van der Waals surface area (Å²) in [6, 6.07) is 4.74. The second-order valence-electron chi connectivity index (χ2n) is 5.55. The van der Waals surface area contributed by atoms with Gasteiger partial charge in [0.1, 0.15) is 18.2 Å². The fraction of sp³-hybridized carbons (Fsp3) is 0.467. The van der Waals surface area contributed by atoms with Crippen LogP contribution in [0, 0.1) is 12.7 Å². The molecule has 0 heterocycles. The molecule has 0 aliphatic rings. The molecule has 0 aliphatic carbocycles. The number of hydrogen-bond acceptors (Lipinski definition) is 2. The highest BCUT2D eigenvalue weighted by molar-refractivity contribution is 5.29. The lowest BCUT2D eigenvalue weighted by molar-refractivity contribution is 0.340. The van der Waals surface area contributed by atoms with Crippen molar-refractivity contribution in [2.45, 2.75) is 33.2 Å². The zero-order valence-corrected chi connectivity index (χ0v) is 11.6. The van der Waals surface area contributed by atoms with Crippen LogP contribution in [0.3, 0.4) is 0 Å². The predicted molar refractivity (Wildman–Crippen MR) is 73.5 cm³/mol. The summed E-state index contributed by atoms with van der Waals surface area (Å²) in [4.78, 5) is 0. The highest BCUT2D eigenvalue weighted by Gasteiger charge is 2.09. The van der Waals surface area contributed by atoms with Gasteiger partial charge in [0.05, 0.1) is 0 Å². The van der Waals surface area contributed by atoms with E-state index in [0.717, 1.165) is 5.57 Å². The molecule has 1 aromatic rings. The van der Waals surface area contributed by atoms with E-state index in [2.05, 4.69) is 32.7 Å². The molecule has 0 aliphatic heterocycles. The topological polar surface area (TPSA) is 21.3 Å². The molecule has 100 valence electrons. The van der Waals surface area contributed by atoms with Crippen LogP contribution in [0.15, 0.2) is 30.4 Å². The average molecular weight is 251 g/mol. The van der Waals surface area contributed by atoms with Crippen molar-refractivity contribution in [3.05, 3.63) is 41.7 Å². The van der Waals surface area contributed by atoms with Crippen LogP contribution < -0.4 is 10.1 Å². The van der Waals surface area contributed by atoms with Crippen molar-refractivity contribution in [3.8, 4) is 5.75 Å². The Balaban J connectivity index is 2.40. The van der Waals surface area contributed by atoms with Crippen molar-refractivity contribution in [2.75, 3.05) is 13.2 Å². The summed E-state index contributed by atoms with van der Waals surface area (Å²) in [6.45, 7) is 13.1. The van der Waals surface area contributed by atoms with Crippen molar-refractivity contribution in [1.82, 2.24) is 5.32 Å². The molecular formula is C15H22FNO. The monoisotopic (exact) mass is 251 g/mol. The van der Waals surface area contributed by atoms with Gasteiger partial charge in [0.15, 0.2) is 0 Å². The second-order valence-corrected chi connectivity index (χ2v) is 5.55. The lowest BCUT2D eigenvalue weighted by Gasteiger charge is -2.21. The van der Waals surface area contributed by atoms with Gasteiger partial charge in [0.25, 0.3) is 0 Å². The first-order valence-electron chi connectivity index (χ1n) is 6.08. The maximum absolute atomic E-state index is 13.1. The summed E-state index contributed by atoms with van der Waals surface area (Å²) < 4.78 is 18.6. The zero-order valence-electron chi connectivity index (χ0n) is 11.6. The maximum atomic E-state index is 13.1. The summed E-state index contributed by atoms with van der Waals surface area (Å²) in [7, 11) is 0. The molecule has 1 aromatic carbocycles. The largest absolute Gasteiger partial charge is 0.489 e. The molecule has 0 amide bonds. The SMILES string of the molecule is C=C(CNC(C)(C)C)COc1ccc(F)c(C)c1. The highest BCUT2D eigenvalue weighted by Crippen LogP contribution is 2.16. The van der Waals surface area contributed by atoms with Gasteiger partial charge in [-0.25, -0.2) is 4.39 Å². The third kappa shape index (κ3) is 5.32. The van der Waals surface area contributed by atoms with Gasteiger partial charge >= 0.3 is 0 Å². The Morgan fingerprint density at radius 3 is 2.61 bits per heavy atom. The van der Waals surface area contributed by atoms with Crippen molar-refractivity contribution >= 4 is 0 Å². The van der Waals surface area contributed by atoms with Crippen LogP contribution in [0.4, 0.5) is 4.39 Å². The van der Waals surface area contributed by atoms with Gasteiger partial charge in [0, 0.05) is 12.1 Å². The van der Waals surface area contributed by atoms with E-state index in [1.165, 1.54) is 6.07 Å². The predicted octanol–water partition coefficient (Wildman–Crippen LogP) is 3.46. The van der Waals surface area contributed by atoms with E-state index in [1.807, 2.05) is 0 Å². The van der Waals surface area contributed by atoms with Gasteiger partial charge in [0.2, 0.25) is 0 Å². The minimum atomic E-state index is -0.212. The van der Waals surface area contributed by atoms with Crippen LogP contribution in [0.25, 0.3) is 0 Å². The fourth-order valence-corrected chi connectivity index (χ4v) is 1.33. The second kappa shape index (κ2) is 6.01. The Kier molecular flexibility index (Phi) is 4.91. The lowest BCUT2D eigenvalue weighted by atomic mass is 10.1. The number of halogens is 1. The minimum Gasteiger partial charge on any atom is -0.489 e. The Morgan fingerprint density at radius 1 is 1.39 bits per heavy atom. The summed E-state index contributed by atoms with van der Waals surface area (Å²) in [5.41, 5.74) is 1.62. The molecule has 1 N–H and O–H groups in total. The smallest absolute Gasteiger partial charge is 0.126 e. The van der Waals surface area contributed by atoms with Crippen LogP contribution in [0.5, 0.6) is 5.75 Å². The van der Waals surface area contributed by atoms with E-state index in [9.17, 15) is 4.39 Å². The number of hydrogen-bond donors (Lipinski definition) is 1. The van der Waals surface area contributed by atoms with Gasteiger partial charge in [-0.1, -0.05) is 6.58 Å². The van der Waals surface area contributed by atoms with E-state index in [4.69, 9.17) is 4.74 Å². The van der Waals surface area contributed by atoms with Crippen LogP contribution in [0.2, 0.25) is 0 Å². The van der Waals surface area contributed by atoms with Crippen molar-refractivity contribution in [1.29, 1.82) is 0 Å². The molecule has 0 saturated carbocycles. The zero-order chi connectivity index (χ0) is 13.8. The number of benzene rings is 1. The lowest BCUT2D eigenvalue weighted by Crippen LogP contribution is -2.37. The Morgan fingerprint density at radius 2 is 2.06 bits per heavy atom. The normalized spacial score (nSPS) is 11.4. The van der Waals surface area contributed by atoms with Gasteiger partial charge in [-0.15, -0.1) is 0 Å². The molecule has 0 saturated heterocycles. The molecule has 1 rings (SSSR count). The van der Waals surface area contributed by atoms with E-state index in [0.29, 0.717) is 24.5 Å². The van der Waals surface area contributed by atoms with Gasteiger partial charge in [-0.2, -0.15) is 0 Å². The summed E-state index contributed by atoms with van der Waals surface area (Å²) >= 11 is 0. The van der Waals surface area contributed by atoms with Crippen LogP contribution in [-0.2, 0) is 0 Å². The molecule has 0 radical (unpaired) electrons. The number of aryl methyl sites for hydroxylation is 1. The summed E-state index contributed by atoms with van der Waals surface area (Å²) in [6.07, 6.45) is 0. The van der Waals surface area contributed by atoms with E-state index in [1.54, 1.807) is 19.1 Å². The summed E-state index contributed by atoms with van der Waals surface area (Å²) in [5.74, 6) is 0.460. The summed E-state index contributed by atoms with van der Waals surface area (Å²) in [5, 5.41) is 3.34. The molecule has 0 atom stereocenters. The van der Waals surface area contributed by atoms with Gasteiger partial charge < -0.3 is 10.1 Å². The fourth-order valence-electron chi connectivity index (χ4n) is 1.33. The molecule has 0 unspecified atom stereocenters. The van der Waals surface area contributed by atoms with Gasteiger partial charge in [-0.3, -0.25) is 0 Å². The molecule has 0 aromatic heterocycles. The average Bonchev–Trinajstić information content (AvgIpc) is 2.27. The maximum Gasteiger partial charge on any atom is 0.126 e. The van der Waals surface area contributed by atoms with Crippen molar-refractivity contribution in [3.63, 3.8) is 0 Å². The third-order valence-electron chi connectivity index (χ3n) is 2.44. The van der Waals surface area contributed by atoms with Crippen molar-refractivity contribution < 1.29 is 9.13 Å². The molecular weight excluding hydrogens is 229 g/mol. The molecule has 3 heteroatoms. The molecule has 0 bridgehead atoms. The van der Waals surface area contributed by atoms with E-state index < -0.39 is 0 Å². The Hall–Kier alpha value is -1.35. The molecule has 0 spiro atoms. The minimum absolute atomic E-state index is 0.0649.